The van der Waals surface area contributed by atoms with E-state index < -0.39 is 0 Å². The Morgan fingerprint density at radius 2 is 1.87 bits per heavy atom. The Hall–Kier alpha value is -1.37. The van der Waals surface area contributed by atoms with Crippen molar-refractivity contribution >= 4 is 5.71 Å². The molecule has 1 nitrogen and oxygen atoms in total. The van der Waals surface area contributed by atoms with Crippen LogP contribution in [0.15, 0.2) is 41.4 Å². The minimum Gasteiger partial charge on any atom is -0.290 e. The maximum atomic E-state index is 4.36. The highest BCUT2D eigenvalue weighted by molar-refractivity contribution is 5.97. The highest BCUT2D eigenvalue weighted by Crippen LogP contribution is 2.09. The van der Waals surface area contributed by atoms with Crippen LogP contribution in [0.2, 0.25) is 0 Å². The summed E-state index contributed by atoms with van der Waals surface area (Å²) in [5.74, 6) is 0. The van der Waals surface area contributed by atoms with E-state index in [9.17, 15) is 0 Å². The van der Waals surface area contributed by atoms with Gasteiger partial charge in [-0.1, -0.05) is 36.4 Å². The van der Waals surface area contributed by atoms with E-state index in [1.165, 1.54) is 11.1 Å². The molecule has 0 aliphatic heterocycles. The third-order valence-corrected chi connectivity index (χ3v) is 2.45. The fourth-order valence-corrected chi connectivity index (χ4v) is 1.43. The highest BCUT2D eigenvalue weighted by atomic mass is 14.7. The van der Waals surface area contributed by atoms with Crippen LogP contribution in [0, 0.1) is 6.92 Å². The van der Waals surface area contributed by atoms with Gasteiger partial charge in [0.05, 0.1) is 0 Å². The summed E-state index contributed by atoms with van der Waals surface area (Å²) in [6.45, 7) is 11.1. The molecule has 0 radical (unpaired) electrons. The predicted molar refractivity (Wildman–Crippen MR) is 67.7 cm³/mol. The Bertz CT molecular complexity index is 357. The minimum atomic E-state index is 0.832. The van der Waals surface area contributed by atoms with Crippen LogP contribution in [-0.4, -0.2) is 12.3 Å². The van der Waals surface area contributed by atoms with Gasteiger partial charge in [0, 0.05) is 12.3 Å². The largest absolute Gasteiger partial charge is 0.290 e. The maximum Gasteiger partial charge on any atom is 0.0364 e. The number of hydrogen-bond donors (Lipinski definition) is 0. The standard InChI is InChI=1S/C14H19N/c1-5-15-13(4)12(3)10-14-8-6-11(2)7-9-14/h6-9H,3,5,10H2,1-2,4H3/b15-13-. The van der Waals surface area contributed by atoms with Crippen molar-refractivity contribution in [2.75, 3.05) is 6.54 Å². The van der Waals surface area contributed by atoms with E-state index in [-0.39, 0.29) is 0 Å². The Kier molecular flexibility index (Phi) is 4.29. The van der Waals surface area contributed by atoms with Gasteiger partial charge in [-0.15, -0.1) is 0 Å². The van der Waals surface area contributed by atoms with E-state index in [1.54, 1.807) is 0 Å². The first-order chi connectivity index (χ1) is 7.13. The summed E-state index contributed by atoms with van der Waals surface area (Å²) in [5, 5.41) is 0. The van der Waals surface area contributed by atoms with Crippen LogP contribution < -0.4 is 0 Å². The molecule has 0 spiro atoms. The summed E-state index contributed by atoms with van der Waals surface area (Å²) < 4.78 is 0. The molecule has 0 N–H and O–H groups in total. The minimum absolute atomic E-state index is 0.832. The Balaban J connectivity index is 2.66. The van der Waals surface area contributed by atoms with Crippen molar-refractivity contribution in [1.29, 1.82) is 0 Å². The molecule has 1 rings (SSSR count). The van der Waals surface area contributed by atoms with Crippen molar-refractivity contribution in [2.45, 2.75) is 27.2 Å². The average Bonchev–Trinajstić information content (AvgIpc) is 2.22. The van der Waals surface area contributed by atoms with Gasteiger partial charge in [-0.05, 0) is 38.3 Å². The molecule has 0 unspecified atom stereocenters. The van der Waals surface area contributed by atoms with Crippen LogP contribution in [0.3, 0.4) is 0 Å². The second-order valence-corrected chi connectivity index (χ2v) is 3.83. The van der Waals surface area contributed by atoms with Crippen molar-refractivity contribution in [2.24, 2.45) is 4.99 Å². The van der Waals surface area contributed by atoms with E-state index in [1.807, 2.05) is 13.8 Å². The lowest BCUT2D eigenvalue weighted by atomic mass is 10.0. The lowest BCUT2D eigenvalue weighted by Crippen LogP contribution is -2.00. The van der Waals surface area contributed by atoms with Gasteiger partial charge in [-0.25, -0.2) is 0 Å². The third kappa shape index (κ3) is 3.70. The first-order valence-electron chi connectivity index (χ1n) is 5.38. The topological polar surface area (TPSA) is 12.4 Å². The molecule has 0 atom stereocenters. The van der Waals surface area contributed by atoms with E-state index in [2.05, 4.69) is 42.8 Å². The van der Waals surface area contributed by atoms with Gasteiger partial charge < -0.3 is 0 Å². The smallest absolute Gasteiger partial charge is 0.0364 e. The molecule has 80 valence electrons. The van der Waals surface area contributed by atoms with Gasteiger partial charge in [0.1, 0.15) is 0 Å². The molecule has 1 aromatic rings. The predicted octanol–water partition coefficient (Wildman–Crippen LogP) is 3.57. The third-order valence-electron chi connectivity index (χ3n) is 2.45. The summed E-state index contributed by atoms with van der Waals surface area (Å²) in [6, 6.07) is 8.57. The fraction of sp³-hybridized carbons (Fsp3) is 0.357. The van der Waals surface area contributed by atoms with Gasteiger partial charge in [0.25, 0.3) is 0 Å². The average molecular weight is 201 g/mol. The van der Waals surface area contributed by atoms with Crippen molar-refractivity contribution in [3.8, 4) is 0 Å². The number of hydrogen-bond acceptors (Lipinski definition) is 1. The first-order valence-corrected chi connectivity index (χ1v) is 5.38. The Morgan fingerprint density at radius 3 is 2.40 bits per heavy atom. The van der Waals surface area contributed by atoms with Gasteiger partial charge in [-0.3, -0.25) is 4.99 Å². The lowest BCUT2D eigenvalue weighted by Gasteiger charge is -2.05. The lowest BCUT2D eigenvalue weighted by molar-refractivity contribution is 1.11. The summed E-state index contributed by atoms with van der Waals surface area (Å²) >= 11 is 0. The quantitative estimate of drug-likeness (QED) is 0.660. The second kappa shape index (κ2) is 5.50. The molecule has 0 saturated carbocycles. The van der Waals surface area contributed by atoms with Crippen molar-refractivity contribution in [1.82, 2.24) is 0 Å². The van der Waals surface area contributed by atoms with Gasteiger partial charge >= 0.3 is 0 Å². The van der Waals surface area contributed by atoms with Crippen LogP contribution in [0.25, 0.3) is 0 Å². The zero-order valence-corrected chi connectivity index (χ0v) is 9.88. The van der Waals surface area contributed by atoms with Gasteiger partial charge in [0.15, 0.2) is 0 Å². The molecular formula is C14H19N. The highest BCUT2D eigenvalue weighted by Gasteiger charge is 2.00. The normalized spacial score (nSPS) is 11.5. The van der Waals surface area contributed by atoms with E-state index in [0.717, 1.165) is 24.3 Å². The van der Waals surface area contributed by atoms with Gasteiger partial charge in [-0.2, -0.15) is 0 Å². The zero-order chi connectivity index (χ0) is 11.3. The molecule has 1 aromatic carbocycles. The Labute approximate surface area is 92.6 Å². The van der Waals surface area contributed by atoms with Gasteiger partial charge in [0.2, 0.25) is 0 Å². The molecule has 0 saturated heterocycles. The van der Waals surface area contributed by atoms with Crippen molar-refractivity contribution in [3.63, 3.8) is 0 Å². The second-order valence-electron chi connectivity index (χ2n) is 3.83. The molecule has 0 amide bonds. The number of aryl methyl sites for hydroxylation is 1. The number of aliphatic imine (C=N–C) groups is 1. The summed E-state index contributed by atoms with van der Waals surface area (Å²) in [7, 11) is 0. The maximum absolute atomic E-state index is 4.36. The van der Waals surface area contributed by atoms with Crippen LogP contribution in [-0.2, 0) is 6.42 Å². The number of nitrogens with zero attached hydrogens (tertiary/aromatic N) is 1. The van der Waals surface area contributed by atoms with E-state index in [0.29, 0.717) is 0 Å². The van der Waals surface area contributed by atoms with Crippen molar-refractivity contribution < 1.29 is 0 Å². The molecule has 15 heavy (non-hydrogen) atoms. The summed E-state index contributed by atoms with van der Waals surface area (Å²) in [4.78, 5) is 4.36. The van der Waals surface area contributed by atoms with Crippen molar-refractivity contribution in [3.05, 3.63) is 47.5 Å². The first kappa shape index (κ1) is 11.7. The van der Waals surface area contributed by atoms with Crippen LogP contribution in [0.4, 0.5) is 0 Å². The number of allylic oxidation sites excluding steroid dienone is 1. The molecule has 0 aromatic heterocycles. The zero-order valence-electron chi connectivity index (χ0n) is 9.88. The number of benzene rings is 1. The molecule has 0 bridgehead atoms. The van der Waals surface area contributed by atoms with Crippen LogP contribution in [0.1, 0.15) is 25.0 Å². The van der Waals surface area contributed by atoms with E-state index >= 15 is 0 Å². The van der Waals surface area contributed by atoms with E-state index in [4.69, 9.17) is 0 Å². The van der Waals surface area contributed by atoms with Crippen LogP contribution in [0.5, 0.6) is 0 Å². The fourth-order valence-electron chi connectivity index (χ4n) is 1.43. The monoisotopic (exact) mass is 201 g/mol. The SMILES string of the molecule is C=C(Cc1ccc(C)cc1)/C(C)=N\CC. The molecular weight excluding hydrogens is 182 g/mol. The molecule has 1 heteroatoms. The van der Waals surface area contributed by atoms with Crippen LogP contribution >= 0.6 is 0 Å². The summed E-state index contributed by atoms with van der Waals surface area (Å²) in [6.07, 6.45) is 0.898. The Morgan fingerprint density at radius 1 is 1.27 bits per heavy atom. The molecule has 0 aliphatic carbocycles. The molecule has 0 fully saturated rings. The molecule has 0 heterocycles. The summed E-state index contributed by atoms with van der Waals surface area (Å²) in [5.41, 5.74) is 4.78. The molecule has 0 aliphatic rings. The number of rotatable bonds is 4.